The summed E-state index contributed by atoms with van der Waals surface area (Å²) in [6.45, 7) is 57.8. The van der Waals surface area contributed by atoms with Crippen LogP contribution in [-0.2, 0) is 0 Å². The summed E-state index contributed by atoms with van der Waals surface area (Å²) in [6, 6.07) is 22.3. The van der Waals surface area contributed by atoms with Gasteiger partial charge in [-0.2, -0.15) is 0 Å². The molecule has 3 heterocycles. The van der Waals surface area contributed by atoms with Crippen molar-refractivity contribution in [1.82, 2.24) is 19.8 Å². The van der Waals surface area contributed by atoms with Gasteiger partial charge in [0.1, 0.15) is 0 Å². The molecule has 5 rings (SSSR count). The molecular weight excluding hydrogens is 845 g/mol. The van der Waals surface area contributed by atoms with Crippen molar-refractivity contribution in [3.63, 3.8) is 0 Å². The zero-order chi connectivity index (χ0) is 42.1. The normalized spacial score (nSPS) is 21.9. The first-order valence-electron chi connectivity index (χ1n) is 20.6. The Hall–Kier alpha value is 0.714. The first-order valence-corrected chi connectivity index (χ1v) is 35.0. The molecule has 0 bridgehead atoms. The molecule has 3 saturated heterocycles. The fourth-order valence-corrected chi connectivity index (χ4v) is 47.7. The third-order valence-electron chi connectivity index (χ3n) is 11.1. The van der Waals surface area contributed by atoms with E-state index in [1.54, 1.807) is 8.85 Å². The van der Waals surface area contributed by atoms with Gasteiger partial charge >= 0.3 is 131 Å². The van der Waals surface area contributed by atoms with Crippen LogP contribution in [0.5, 0.6) is 0 Å². The SMILES string of the molecule is CC(C)(C)[N]1[Al]([c]2ccccc2)[N](C(C)(C)C)[Si]1(C)C.CC(C)(C)[N]1[Al]([c]2ccccc2)[N](C(C)(C)C)[Si]1(C)C.CC(C)(C)[N]1[Sn][N](C(C)(C)C)[Si]1(C)C. The first kappa shape index (κ1) is 49.1. The van der Waals surface area contributed by atoms with E-state index in [0.29, 0.717) is 11.1 Å². The summed E-state index contributed by atoms with van der Waals surface area (Å²) in [5.74, 6) is 0. The van der Waals surface area contributed by atoms with E-state index >= 15 is 0 Å². The van der Waals surface area contributed by atoms with Gasteiger partial charge in [0.05, 0.1) is 0 Å². The van der Waals surface area contributed by atoms with Gasteiger partial charge in [-0.05, 0) is 131 Å². The molecule has 6 nitrogen and oxygen atoms in total. The molecule has 0 saturated carbocycles. The second-order valence-electron chi connectivity index (χ2n) is 23.3. The van der Waals surface area contributed by atoms with Gasteiger partial charge < -0.3 is 14.2 Å². The molecule has 3 fully saturated rings. The average molecular weight is 928 g/mol. The third-order valence-corrected chi connectivity index (χ3v) is 55.2. The quantitative estimate of drug-likeness (QED) is 0.279. The van der Waals surface area contributed by atoms with E-state index in [1.165, 1.54) is 0 Å². The van der Waals surface area contributed by atoms with Gasteiger partial charge in [-0.25, -0.2) is 0 Å². The molecular formula is C42H82Al2N6Si3Sn. The van der Waals surface area contributed by atoms with Crippen molar-refractivity contribution in [2.24, 2.45) is 0 Å². The van der Waals surface area contributed by atoms with E-state index in [1.807, 2.05) is 0 Å². The summed E-state index contributed by atoms with van der Waals surface area (Å²) >= 11 is -2.91. The minimum atomic E-state index is -1.50. The van der Waals surface area contributed by atoms with Crippen molar-refractivity contribution >= 4 is 84.9 Å². The molecule has 0 atom stereocenters. The summed E-state index contributed by atoms with van der Waals surface area (Å²) in [4.78, 5) is 0. The van der Waals surface area contributed by atoms with Gasteiger partial charge in [-0.3, -0.25) is 0 Å². The molecule has 0 unspecified atom stereocenters. The fraction of sp³-hybridized carbons (Fsp3) is 0.714. The number of hydrogen-bond acceptors (Lipinski definition) is 6. The molecule has 54 heavy (non-hydrogen) atoms. The van der Waals surface area contributed by atoms with Crippen LogP contribution in [0.15, 0.2) is 60.7 Å². The molecule has 2 radical (unpaired) electrons. The predicted molar refractivity (Wildman–Crippen MR) is 251 cm³/mol. The Morgan fingerprint density at radius 2 is 0.574 bits per heavy atom. The Bertz CT molecular complexity index is 1370. The van der Waals surface area contributed by atoms with Crippen molar-refractivity contribution in [3.8, 4) is 0 Å². The molecule has 0 aromatic heterocycles. The van der Waals surface area contributed by atoms with E-state index < -0.39 is 76.1 Å². The minimum absolute atomic E-state index is 0.268. The zero-order valence-electron chi connectivity index (χ0n) is 39.6. The van der Waals surface area contributed by atoms with Gasteiger partial charge in [0.2, 0.25) is 0 Å². The van der Waals surface area contributed by atoms with Crippen molar-refractivity contribution < 1.29 is 0 Å². The molecule has 0 amide bonds. The van der Waals surface area contributed by atoms with Crippen LogP contribution in [0.2, 0.25) is 39.3 Å². The number of rotatable bonds is 2. The molecule has 0 N–H and O–H groups in total. The summed E-state index contributed by atoms with van der Waals surface area (Å²) in [5.41, 5.74) is 1.88. The molecule has 0 spiro atoms. The van der Waals surface area contributed by atoms with Crippen LogP contribution in [0.4, 0.5) is 0 Å². The van der Waals surface area contributed by atoms with Crippen molar-refractivity contribution in [2.75, 3.05) is 0 Å². The van der Waals surface area contributed by atoms with Crippen molar-refractivity contribution in [2.45, 2.75) is 197 Å². The van der Waals surface area contributed by atoms with Gasteiger partial charge in [0.15, 0.2) is 16.8 Å². The molecule has 12 heteroatoms. The second-order valence-corrected chi connectivity index (χ2v) is 47.8. The fourth-order valence-electron chi connectivity index (χ4n) is 10.5. The van der Waals surface area contributed by atoms with Crippen LogP contribution in [-0.4, -0.2) is 129 Å². The van der Waals surface area contributed by atoms with E-state index in [4.69, 9.17) is 0 Å². The Morgan fingerprint density at radius 1 is 0.352 bits per heavy atom. The maximum absolute atomic E-state index is 2.90. The summed E-state index contributed by atoms with van der Waals surface area (Å²) in [6.07, 6.45) is 0. The molecule has 302 valence electrons. The van der Waals surface area contributed by atoms with E-state index in [-0.39, 0.29) is 22.2 Å². The number of nitrogens with zero attached hydrogens (tertiary/aromatic N) is 6. The first-order chi connectivity index (χ1) is 23.9. The van der Waals surface area contributed by atoms with Crippen LogP contribution >= 0.6 is 0 Å². The van der Waals surface area contributed by atoms with Gasteiger partial charge in [0, 0.05) is 0 Å². The average Bonchev–Trinajstić information content (AvgIpc) is 2.91. The molecule has 3 aliphatic heterocycles. The third kappa shape index (κ3) is 10.3. The van der Waals surface area contributed by atoms with E-state index in [2.05, 4.69) is 244 Å². The number of benzene rings is 2. The van der Waals surface area contributed by atoms with Crippen molar-refractivity contribution in [1.29, 1.82) is 0 Å². The predicted octanol–water partition coefficient (Wildman–Crippen LogP) is 9.03. The van der Waals surface area contributed by atoms with Crippen molar-refractivity contribution in [3.05, 3.63) is 60.7 Å². The van der Waals surface area contributed by atoms with E-state index in [9.17, 15) is 0 Å². The zero-order valence-corrected chi connectivity index (χ0v) is 47.8. The standard InChI is InChI=1S/3C10H24N2Si.2C6H5.2Al.Sn/c3*1-9(2,3)11-13(7,8)12-10(4,5)6;2*1-2-4-6-5-3-1;;;/h3*1-8H3;2*1-5H;;;/q3*-2;;;3*+2. The molecule has 3 aliphatic rings. The van der Waals surface area contributed by atoms with Crippen LogP contribution in [0, 0.1) is 0 Å². The summed E-state index contributed by atoms with van der Waals surface area (Å²) < 4.78 is 20.4. The monoisotopic (exact) mass is 928 g/mol. The molecule has 0 aliphatic carbocycles. The Morgan fingerprint density at radius 3 is 0.741 bits per heavy atom. The van der Waals surface area contributed by atoms with E-state index in [0.717, 1.165) is 0 Å². The Labute approximate surface area is 359 Å². The Kier molecular flexibility index (Phi) is 14.8. The van der Waals surface area contributed by atoms with Crippen LogP contribution in [0.3, 0.4) is 0 Å². The molecule has 2 aromatic rings. The topological polar surface area (TPSA) is 19.4 Å². The summed E-state index contributed by atoms with van der Waals surface area (Å²) in [7, 11) is -4.23. The molecule has 2 aromatic carbocycles. The summed E-state index contributed by atoms with van der Waals surface area (Å²) in [5, 5.41) is 0. The van der Waals surface area contributed by atoms with Gasteiger partial charge in [-0.1, -0.05) is 69.5 Å². The van der Waals surface area contributed by atoms with Gasteiger partial charge in [-0.15, -0.1) is 0 Å². The Balaban J connectivity index is 0.000000222. The van der Waals surface area contributed by atoms with Gasteiger partial charge in [0.25, 0.3) is 0 Å². The second kappa shape index (κ2) is 16.3. The van der Waals surface area contributed by atoms with Crippen LogP contribution < -0.4 is 8.85 Å². The maximum atomic E-state index is 2.90. The van der Waals surface area contributed by atoms with Crippen LogP contribution in [0.1, 0.15) is 125 Å². The number of hydrogen-bond donors (Lipinski definition) is 0. The van der Waals surface area contributed by atoms with Crippen LogP contribution in [0.25, 0.3) is 0 Å².